The monoisotopic (exact) mass is 261 g/mol. The van der Waals surface area contributed by atoms with Gasteiger partial charge in [-0.3, -0.25) is 4.57 Å². The Bertz CT molecular complexity index is 268. The zero-order valence-corrected chi connectivity index (χ0v) is 9.43. The van der Waals surface area contributed by atoms with Crippen molar-refractivity contribution in [3.8, 4) is 0 Å². The molecule has 0 aromatic heterocycles. The Hall–Kier alpha value is -0.100. The number of halogens is 3. The maximum Gasteiger partial charge on any atom is 0.391 e. The van der Waals surface area contributed by atoms with E-state index in [1.807, 2.05) is 0 Å². The predicted octanol–water partition coefficient (Wildman–Crippen LogP) is 2.38. The molecular formula is C8H13F3O4P-. The SMILES string of the molecule is O=P1([O-])OCCCCCC(CC(F)(F)F)O1. The molecule has 2 unspecified atom stereocenters. The van der Waals surface area contributed by atoms with Crippen molar-refractivity contribution in [2.75, 3.05) is 6.61 Å². The Balaban J connectivity index is 2.61. The second-order valence-corrected chi connectivity index (χ2v) is 5.04. The number of rotatable bonds is 1. The van der Waals surface area contributed by atoms with Crippen molar-refractivity contribution in [3.63, 3.8) is 0 Å². The fraction of sp³-hybridized carbons (Fsp3) is 1.00. The van der Waals surface area contributed by atoms with E-state index in [0.717, 1.165) is 0 Å². The quantitative estimate of drug-likeness (QED) is 0.680. The van der Waals surface area contributed by atoms with Gasteiger partial charge in [0, 0.05) is 0 Å². The number of phosphoric acid groups is 1. The van der Waals surface area contributed by atoms with E-state index in [1.54, 1.807) is 0 Å². The summed E-state index contributed by atoms with van der Waals surface area (Å²) in [5, 5.41) is 0. The van der Waals surface area contributed by atoms with E-state index in [1.165, 1.54) is 0 Å². The van der Waals surface area contributed by atoms with Crippen LogP contribution in [0, 0.1) is 0 Å². The number of hydrogen-bond acceptors (Lipinski definition) is 4. The van der Waals surface area contributed by atoms with Gasteiger partial charge >= 0.3 is 6.18 Å². The summed E-state index contributed by atoms with van der Waals surface area (Å²) in [7, 11) is -4.58. The zero-order chi connectivity index (χ0) is 12.2. The smallest absolute Gasteiger partial charge is 0.391 e. The molecule has 8 heteroatoms. The molecule has 1 aliphatic rings. The molecular weight excluding hydrogens is 248 g/mol. The van der Waals surface area contributed by atoms with Crippen molar-refractivity contribution in [3.05, 3.63) is 0 Å². The second-order valence-electron chi connectivity index (χ2n) is 3.68. The maximum atomic E-state index is 12.1. The van der Waals surface area contributed by atoms with Gasteiger partial charge in [0.2, 0.25) is 0 Å². The topological polar surface area (TPSA) is 58.6 Å². The Morgan fingerprint density at radius 2 is 2.00 bits per heavy atom. The molecule has 1 rings (SSSR count). The van der Waals surface area contributed by atoms with Crippen LogP contribution < -0.4 is 4.89 Å². The van der Waals surface area contributed by atoms with Crippen LogP contribution in [0.25, 0.3) is 0 Å². The molecule has 2 atom stereocenters. The Kier molecular flexibility index (Phi) is 4.79. The van der Waals surface area contributed by atoms with E-state index < -0.39 is 26.5 Å². The van der Waals surface area contributed by atoms with Gasteiger partial charge in [-0.05, 0) is 12.8 Å². The first-order chi connectivity index (χ1) is 7.29. The third-order valence-corrected chi connectivity index (χ3v) is 3.21. The molecule has 96 valence electrons. The van der Waals surface area contributed by atoms with E-state index in [4.69, 9.17) is 0 Å². The van der Waals surface area contributed by atoms with Crippen molar-refractivity contribution in [1.82, 2.24) is 0 Å². The number of alkyl halides is 3. The highest BCUT2D eigenvalue weighted by atomic mass is 31.2. The highest BCUT2D eigenvalue weighted by molar-refractivity contribution is 7.45. The van der Waals surface area contributed by atoms with E-state index in [-0.39, 0.29) is 13.0 Å². The first-order valence-corrected chi connectivity index (χ1v) is 6.45. The summed E-state index contributed by atoms with van der Waals surface area (Å²) < 4.78 is 56.2. The third kappa shape index (κ3) is 5.84. The average molecular weight is 261 g/mol. The largest absolute Gasteiger partial charge is 0.756 e. The van der Waals surface area contributed by atoms with Crippen molar-refractivity contribution < 1.29 is 31.7 Å². The van der Waals surface area contributed by atoms with E-state index >= 15 is 0 Å². The van der Waals surface area contributed by atoms with Gasteiger partial charge in [0.25, 0.3) is 7.82 Å². The molecule has 1 saturated heterocycles. The molecule has 0 bridgehead atoms. The van der Waals surface area contributed by atoms with Crippen LogP contribution in [-0.4, -0.2) is 18.9 Å². The summed E-state index contributed by atoms with van der Waals surface area (Å²) in [6.07, 6.45) is -5.33. The van der Waals surface area contributed by atoms with Gasteiger partial charge < -0.3 is 13.9 Å². The zero-order valence-electron chi connectivity index (χ0n) is 8.53. The van der Waals surface area contributed by atoms with Crippen molar-refractivity contribution in [2.24, 2.45) is 0 Å². The van der Waals surface area contributed by atoms with Gasteiger partial charge in [-0.25, -0.2) is 0 Å². The lowest BCUT2D eigenvalue weighted by Crippen LogP contribution is -2.24. The van der Waals surface area contributed by atoms with Crippen LogP contribution in [0.1, 0.15) is 32.1 Å². The molecule has 0 N–H and O–H groups in total. The maximum absolute atomic E-state index is 12.1. The number of phosphoric ester groups is 1. The van der Waals surface area contributed by atoms with Crippen LogP contribution in [0.4, 0.5) is 13.2 Å². The Labute approximate surface area is 91.4 Å². The Morgan fingerprint density at radius 3 is 2.62 bits per heavy atom. The van der Waals surface area contributed by atoms with Gasteiger partial charge in [-0.15, -0.1) is 0 Å². The molecule has 0 amide bonds. The minimum atomic E-state index is -4.58. The van der Waals surface area contributed by atoms with E-state index in [2.05, 4.69) is 9.05 Å². The molecule has 1 heterocycles. The standard InChI is InChI=1S/C8H14F3O4P/c9-8(10,11)6-7-4-2-1-3-5-14-16(12,13)15-7/h7H,1-6H2,(H,12,13)/p-1. The third-order valence-electron chi connectivity index (χ3n) is 2.16. The van der Waals surface area contributed by atoms with Gasteiger partial charge in [-0.1, -0.05) is 12.8 Å². The molecule has 0 saturated carbocycles. The first kappa shape index (κ1) is 14.0. The lowest BCUT2D eigenvalue weighted by molar-refractivity contribution is -0.234. The van der Waals surface area contributed by atoms with Crippen molar-refractivity contribution >= 4 is 7.82 Å². The van der Waals surface area contributed by atoms with Gasteiger partial charge in [0.15, 0.2) is 0 Å². The van der Waals surface area contributed by atoms with Crippen molar-refractivity contribution in [2.45, 2.75) is 44.4 Å². The summed E-state index contributed by atoms with van der Waals surface area (Å²) in [6, 6.07) is 0. The summed E-state index contributed by atoms with van der Waals surface area (Å²) in [5.74, 6) is 0. The minimum Gasteiger partial charge on any atom is -0.756 e. The van der Waals surface area contributed by atoms with Crippen LogP contribution in [0.15, 0.2) is 0 Å². The van der Waals surface area contributed by atoms with E-state index in [9.17, 15) is 22.6 Å². The summed E-state index contributed by atoms with van der Waals surface area (Å²) in [4.78, 5) is 11.1. The highest BCUT2D eigenvalue weighted by Gasteiger charge is 2.34. The molecule has 0 spiro atoms. The van der Waals surface area contributed by atoms with Gasteiger partial charge in [0.05, 0.1) is 19.1 Å². The second kappa shape index (κ2) is 5.49. The van der Waals surface area contributed by atoms with Gasteiger partial charge in [-0.2, -0.15) is 13.2 Å². The molecule has 0 aliphatic carbocycles. The molecule has 1 aliphatic heterocycles. The van der Waals surface area contributed by atoms with E-state index in [0.29, 0.717) is 19.3 Å². The summed E-state index contributed by atoms with van der Waals surface area (Å²) in [5.41, 5.74) is 0. The Morgan fingerprint density at radius 1 is 1.31 bits per heavy atom. The summed E-state index contributed by atoms with van der Waals surface area (Å²) in [6.45, 7) is -0.0283. The van der Waals surface area contributed by atoms with Crippen LogP contribution >= 0.6 is 7.82 Å². The fourth-order valence-electron chi connectivity index (χ4n) is 1.49. The molecule has 0 radical (unpaired) electrons. The van der Waals surface area contributed by atoms with Crippen LogP contribution in [-0.2, 0) is 13.6 Å². The normalized spacial score (nSPS) is 33.9. The fourth-order valence-corrected chi connectivity index (χ4v) is 2.45. The minimum absolute atomic E-state index is 0.0283. The molecule has 4 nitrogen and oxygen atoms in total. The van der Waals surface area contributed by atoms with Crippen LogP contribution in [0.3, 0.4) is 0 Å². The van der Waals surface area contributed by atoms with Gasteiger partial charge in [0.1, 0.15) is 0 Å². The lowest BCUT2D eigenvalue weighted by Gasteiger charge is -2.27. The van der Waals surface area contributed by atoms with Crippen LogP contribution in [0.5, 0.6) is 0 Å². The summed E-state index contributed by atoms with van der Waals surface area (Å²) >= 11 is 0. The predicted molar refractivity (Wildman–Crippen MR) is 47.6 cm³/mol. The lowest BCUT2D eigenvalue weighted by atomic mass is 10.1. The molecule has 1 fully saturated rings. The van der Waals surface area contributed by atoms with Crippen molar-refractivity contribution in [1.29, 1.82) is 0 Å². The molecule has 16 heavy (non-hydrogen) atoms. The number of hydrogen-bond donors (Lipinski definition) is 0. The first-order valence-electron chi connectivity index (χ1n) is 4.99. The highest BCUT2D eigenvalue weighted by Crippen LogP contribution is 2.43. The average Bonchev–Trinajstić information content (AvgIpc) is 2.12. The van der Waals surface area contributed by atoms with Crippen LogP contribution in [0.2, 0.25) is 0 Å². The molecule has 0 aromatic rings. The molecule has 0 aromatic carbocycles.